The number of hydrogen-bond donors (Lipinski definition) is 1. The van der Waals surface area contributed by atoms with Crippen LogP contribution in [-0.4, -0.2) is 62.8 Å². The molecule has 0 aliphatic carbocycles. The van der Waals surface area contributed by atoms with Crippen LogP contribution >= 0.6 is 0 Å². The first-order valence-corrected chi connectivity index (χ1v) is 13.9. The van der Waals surface area contributed by atoms with Gasteiger partial charge < -0.3 is 14.0 Å². The minimum absolute atomic E-state index is 0.0122. The van der Waals surface area contributed by atoms with Crippen molar-refractivity contribution in [2.24, 2.45) is 0 Å². The van der Waals surface area contributed by atoms with Gasteiger partial charge in [0.05, 0.1) is 36.4 Å². The summed E-state index contributed by atoms with van der Waals surface area (Å²) in [5.74, 6) is 1.35. The maximum absolute atomic E-state index is 13.7. The predicted molar refractivity (Wildman–Crippen MR) is 143 cm³/mol. The third kappa shape index (κ3) is 5.61. The molecule has 208 valence electrons. The highest BCUT2D eigenvalue weighted by Gasteiger charge is 2.35. The summed E-state index contributed by atoms with van der Waals surface area (Å²) in [6, 6.07) is 4.82. The molecule has 0 saturated heterocycles. The van der Waals surface area contributed by atoms with E-state index in [4.69, 9.17) is 14.0 Å². The zero-order chi connectivity index (χ0) is 28.3. The molecule has 0 aliphatic heterocycles. The topological polar surface area (TPSA) is 160 Å². The number of sulfonamides is 1. The molecule has 2 unspecified atom stereocenters. The van der Waals surface area contributed by atoms with E-state index in [1.54, 1.807) is 35.9 Å². The minimum Gasteiger partial charge on any atom is -0.481 e. The molecule has 4 aromatic rings. The first kappa shape index (κ1) is 28.1. The van der Waals surface area contributed by atoms with Crippen molar-refractivity contribution in [2.75, 3.05) is 18.9 Å². The number of pyridine rings is 1. The van der Waals surface area contributed by atoms with E-state index in [9.17, 15) is 8.42 Å². The Balaban J connectivity index is 1.81. The molecule has 3 atom stereocenters. The fraction of sp³-hybridized carbons (Fsp3) is 0.440. The zero-order valence-corrected chi connectivity index (χ0v) is 23.7. The first-order chi connectivity index (χ1) is 18.6. The number of ether oxygens (including phenoxy) is 2. The van der Waals surface area contributed by atoms with Gasteiger partial charge in [-0.2, -0.15) is 0 Å². The monoisotopic (exact) mass is 556 g/mol. The van der Waals surface area contributed by atoms with Gasteiger partial charge in [-0.25, -0.2) is 13.4 Å². The average Bonchev–Trinajstić information content (AvgIpc) is 3.48. The molecule has 0 aromatic carbocycles. The van der Waals surface area contributed by atoms with E-state index in [1.807, 2.05) is 20.8 Å². The Labute approximate surface area is 227 Å². The lowest BCUT2D eigenvalue weighted by molar-refractivity contribution is 0.0985. The lowest BCUT2D eigenvalue weighted by Crippen LogP contribution is -2.33. The summed E-state index contributed by atoms with van der Waals surface area (Å²) in [5, 5.41) is 11.6. The molecule has 39 heavy (non-hydrogen) atoms. The van der Waals surface area contributed by atoms with Crippen molar-refractivity contribution in [3.63, 3.8) is 0 Å². The number of nitrogens with one attached hydrogen (secondary N) is 1. The van der Waals surface area contributed by atoms with Crippen LogP contribution in [0.3, 0.4) is 0 Å². The predicted octanol–water partition coefficient (Wildman–Crippen LogP) is 3.57. The largest absolute Gasteiger partial charge is 0.481 e. The van der Waals surface area contributed by atoms with Crippen LogP contribution in [-0.2, 0) is 14.8 Å². The number of nitrogens with zero attached hydrogens (tertiary/aromatic N) is 7. The quantitative estimate of drug-likeness (QED) is 0.288. The molecule has 4 heterocycles. The molecule has 0 fully saturated rings. The summed E-state index contributed by atoms with van der Waals surface area (Å²) in [7, 11) is -1.12. The van der Waals surface area contributed by atoms with Crippen molar-refractivity contribution in [3.8, 4) is 17.4 Å². The van der Waals surface area contributed by atoms with Gasteiger partial charge >= 0.3 is 0 Å². The highest BCUT2D eigenvalue weighted by Crippen LogP contribution is 2.35. The van der Waals surface area contributed by atoms with E-state index in [2.05, 4.69) is 35.0 Å². The second kappa shape index (κ2) is 11.5. The maximum atomic E-state index is 13.7. The summed E-state index contributed by atoms with van der Waals surface area (Å²) in [4.78, 5) is 13.0. The third-order valence-corrected chi connectivity index (χ3v) is 8.17. The van der Waals surface area contributed by atoms with E-state index in [0.29, 0.717) is 46.7 Å². The van der Waals surface area contributed by atoms with Gasteiger partial charge in [0.25, 0.3) is 0 Å². The average molecular weight is 557 g/mol. The Bertz CT molecular complexity index is 1510. The summed E-state index contributed by atoms with van der Waals surface area (Å²) in [5.41, 5.74) is 3.04. The molecule has 4 aromatic heterocycles. The molecular weight excluding hydrogens is 524 g/mol. The molecule has 14 heteroatoms. The van der Waals surface area contributed by atoms with Gasteiger partial charge in [-0.3, -0.25) is 19.3 Å². The Morgan fingerprint density at radius 1 is 1.10 bits per heavy atom. The molecule has 4 rings (SSSR count). The Kier molecular flexibility index (Phi) is 8.25. The standard InChI is InChI=1S/C25H32N8O5S/c1-8-20(22-15(3)31-38-16(22)4)33-24(18-10-9-11-21(28-18)36-6)29-30-25(33)32-39(34,35)17(5)23(37-7)19-13-26-14(2)12-27-19/h9-13,17,20,23H,8H2,1-7H3,(H,30,32)/t17?,20-,23?/m0/s1. The molecule has 1 N–H and O–H groups in total. The first-order valence-electron chi connectivity index (χ1n) is 12.3. The lowest BCUT2D eigenvalue weighted by atomic mass is 10.0. The van der Waals surface area contributed by atoms with Crippen molar-refractivity contribution in [1.82, 2.24) is 34.9 Å². The summed E-state index contributed by atoms with van der Waals surface area (Å²) >= 11 is 0. The third-order valence-electron chi connectivity index (χ3n) is 6.47. The number of aryl methyl sites for hydroxylation is 3. The van der Waals surface area contributed by atoms with Gasteiger partial charge in [-0.1, -0.05) is 18.1 Å². The normalized spacial score (nSPS) is 14.1. The van der Waals surface area contributed by atoms with Gasteiger partial charge in [-0.15, -0.1) is 10.2 Å². The lowest BCUT2D eigenvalue weighted by Gasteiger charge is -2.24. The molecule has 0 bridgehead atoms. The van der Waals surface area contributed by atoms with Crippen molar-refractivity contribution in [3.05, 3.63) is 59.0 Å². The summed E-state index contributed by atoms with van der Waals surface area (Å²) < 4.78 is 48.0. The fourth-order valence-corrected chi connectivity index (χ4v) is 5.61. The number of rotatable bonds is 11. The Morgan fingerprint density at radius 3 is 2.46 bits per heavy atom. The van der Waals surface area contributed by atoms with Gasteiger partial charge in [0.1, 0.15) is 22.8 Å². The SMILES string of the molecule is CC[C@@H](c1c(C)noc1C)n1c(NS(=O)(=O)C(C)C(OC)c2cnc(C)cn2)nnc1-c1cccc(OC)n1. The number of anilines is 1. The molecule has 0 aliphatic rings. The van der Waals surface area contributed by atoms with Gasteiger partial charge in [0.2, 0.25) is 21.9 Å². The highest BCUT2D eigenvalue weighted by atomic mass is 32.2. The smallest absolute Gasteiger partial charge is 0.240 e. The van der Waals surface area contributed by atoms with Crippen LogP contribution in [0.1, 0.15) is 60.8 Å². The second-order valence-corrected chi connectivity index (χ2v) is 11.1. The molecule has 0 spiro atoms. The van der Waals surface area contributed by atoms with Crippen LogP contribution in [0.5, 0.6) is 5.88 Å². The maximum Gasteiger partial charge on any atom is 0.240 e. The number of methoxy groups -OCH3 is 2. The van der Waals surface area contributed by atoms with Crippen LogP contribution in [0, 0.1) is 20.8 Å². The fourth-order valence-electron chi connectivity index (χ4n) is 4.45. The van der Waals surface area contributed by atoms with Crippen molar-refractivity contribution >= 4 is 16.0 Å². The van der Waals surface area contributed by atoms with Gasteiger partial charge in [0, 0.05) is 24.9 Å². The van der Waals surface area contributed by atoms with Crippen LogP contribution in [0.2, 0.25) is 0 Å². The number of aromatic nitrogens is 7. The second-order valence-electron chi connectivity index (χ2n) is 9.04. The van der Waals surface area contributed by atoms with Crippen LogP contribution in [0.25, 0.3) is 11.5 Å². The van der Waals surface area contributed by atoms with E-state index in [-0.39, 0.29) is 5.95 Å². The van der Waals surface area contributed by atoms with E-state index in [0.717, 1.165) is 5.56 Å². The molecule has 0 saturated carbocycles. The zero-order valence-electron chi connectivity index (χ0n) is 22.9. The van der Waals surface area contributed by atoms with E-state index in [1.165, 1.54) is 27.3 Å². The molecule has 0 amide bonds. The van der Waals surface area contributed by atoms with Gasteiger partial charge in [0.15, 0.2) is 5.82 Å². The van der Waals surface area contributed by atoms with Crippen molar-refractivity contribution in [2.45, 2.75) is 58.4 Å². The molecule has 13 nitrogen and oxygen atoms in total. The number of hydrogen-bond acceptors (Lipinski definition) is 11. The van der Waals surface area contributed by atoms with E-state index >= 15 is 0 Å². The Morgan fingerprint density at radius 2 is 1.87 bits per heavy atom. The minimum atomic E-state index is -4.07. The van der Waals surface area contributed by atoms with Gasteiger partial charge in [-0.05, 0) is 40.2 Å². The molecular formula is C25H32N8O5S. The Hall–Kier alpha value is -3.91. The van der Waals surface area contributed by atoms with Crippen LogP contribution in [0.15, 0.2) is 35.1 Å². The van der Waals surface area contributed by atoms with Crippen molar-refractivity contribution < 1.29 is 22.4 Å². The van der Waals surface area contributed by atoms with Crippen LogP contribution < -0.4 is 9.46 Å². The summed E-state index contributed by atoms with van der Waals surface area (Å²) in [6.45, 7) is 8.95. The van der Waals surface area contributed by atoms with Crippen LogP contribution in [0.4, 0.5) is 5.95 Å². The van der Waals surface area contributed by atoms with Crippen molar-refractivity contribution in [1.29, 1.82) is 0 Å². The van der Waals surface area contributed by atoms with E-state index < -0.39 is 27.4 Å². The molecule has 0 radical (unpaired) electrons. The highest BCUT2D eigenvalue weighted by molar-refractivity contribution is 7.93. The summed E-state index contributed by atoms with van der Waals surface area (Å²) in [6.07, 6.45) is 2.75.